The van der Waals surface area contributed by atoms with E-state index in [0.29, 0.717) is 17.9 Å². The van der Waals surface area contributed by atoms with E-state index in [0.717, 1.165) is 19.3 Å². The summed E-state index contributed by atoms with van der Waals surface area (Å²) in [5.74, 6) is 0.423. The lowest BCUT2D eigenvalue weighted by molar-refractivity contribution is -0.141. The van der Waals surface area contributed by atoms with Crippen molar-refractivity contribution in [1.29, 1.82) is 0 Å². The number of carbonyl (C=O) groups is 1. The normalized spacial score (nSPS) is 48.1. The van der Waals surface area contributed by atoms with Crippen molar-refractivity contribution in [2.24, 2.45) is 23.5 Å². The molecule has 3 heteroatoms. The molecule has 0 radical (unpaired) electrons. The SMILES string of the molecule is N[C@H]1C[C@@H]2CC(C(=O)O)C[C@@H]21. The van der Waals surface area contributed by atoms with Gasteiger partial charge in [-0.3, -0.25) is 4.79 Å². The Labute approximate surface area is 65.6 Å². The summed E-state index contributed by atoms with van der Waals surface area (Å²) in [6, 6.07) is 0.296. The quantitative estimate of drug-likeness (QED) is 0.577. The molecular formula is C8H13NO2. The van der Waals surface area contributed by atoms with Gasteiger partial charge in [0.25, 0.3) is 0 Å². The highest BCUT2D eigenvalue weighted by Gasteiger charge is 2.47. The first-order valence-electron chi connectivity index (χ1n) is 4.17. The van der Waals surface area contributed by atoms with Crippen molar-refractivity contribution in [1.82, 2.24) is 0 Å². The molecule has 1 unspecified atom stereocenters. The second-order valence-corrected chi connectivity index (χ2v) is 3.83. The maximum absolute atomic E-state index is 10.6. The number of rotatable bonds is 1. The standard InChI is InChI=1S/C8H13NO2/c9-7-3-4-1-5(8(10)11)2-6(4)7/h4-7H,1-3,9H2,(H,10,11)/t4-,5?,6-,7-/m0/s1. The second kappa shape index (κ2) is 2.21. The number of hydrogen-bond donors (Lipinski definition) is 2. The summed E-state index contributed by atoms with van der Waals surface area (Å²) in [6.45, 7) is 0. The number of hydrogen-bond acceptors (Lipinski definition) is 2. The van der Waals surface area contributed by atoms with Crippen LogP contribution in [0.15, 0.2) is 0 Å². The summed E-state index contributed by atoms with van der Waals surface area (Å²) in [5.41, 5.74) is 5.73. The summed E-state index contributed by atoms with van der Waals surface area (Å²) in [6.07, 6.45) is 2.74. The molecule has 3 N–H and O–H groups in total. The van der Waals surface area contributed by atoms with Crippen LogP contribution in [0, 0.1) is 17.8 Å². The van der Waals surface area contributed by atoms with Crippen LogP contribution < -0.4 is 5.73 Å². The molecule has 2 rings (SSSR count). The molecule has 0 heterocycles. The first kappa shape index (κ1) is 7.10. The maximum Gasteiger partial charge on any atom is 0.306 e. The van der Waals surface area contributed by atoms with Crippen molar-refractivity contribution in [3.8, 4) is 0 Å². The zero-order chi connectivity index (χ0) is 8.01. The zero-order valence-electron chi connectivity index (χ0n) is 6.36. The van der Waals surface area contributed by atoms with Crippen molar-refractivity contribution in [3.63, 3.8) is 0 Å². The molecule has 0 aromatic carbocycles. The lowest BCUT2D eigenvalue weighted by Gasteiger charge is -2.37. The van der Waals surface area contributed by atoms with E-state index in [2.05, 4.69) is 0 Å². The monoisotopic (exact) mass is 155 g/mol. The molecule has 62 valence electrons. The molecule has 2 saturated carbocycles. The van der Waals surface area contributed by atoms with Gasteiger partial charge in [0.2, 0.25) is 0 Å². The molecule has 0 amide bonds. The fourth-order valence-corrected chi connectivity index (χ4v) is 2.48. The Hall–Kier alpha value is -0.570. The number of fused-ring (bicyclic) bond motifs is 1. The van der Waals surface area contributed by atoms with Crippen LogP contribution in [0.4, 0.5) is 0 Å². The Kier molecular flexibility index (Phi) is 1.42. The summed E-state index contributed by atoms with van der Waals surface area (Å²) in [7, 11) is 0. The van der Waals surface area contributed by atoms with Gasteiger partial charge in [-0.05, 0) is 31.1 Å². The van der Waals surface area contributed by atoms with Gasteiger partial charge in [-0.25, -0.2) is 0 Å². The van der Waals surface area contributed by atoms with Gasteiger partial charge in [-0.2, -0.15) is 0 Å². The molecule has 0 aliphatic heterocycles. The van der Waals surface area contributed by atoms with Crippen LogP contribution >= 0.6 is 0 Å². The Balaban J connectivity index is 1.98. The molecule has 2 aliphatic carbocycles. The van der Waals surface area contributed by atoms with Gasteiger partial charge in [-0.1, -0.05) is 0 Å². The Morgan fingerprint density at radius 2 is 2.09 bits per heavy atom. The Morgan fingerprint density at radius 3 is 2.55 bits per heavy atom. The average Bonchev–Trinajstić information content (AvgIpc) is 2.26. The molecule has 0 aromatic heterocycles. The Bertz CT molecular complexity index is 193. The Morgan fingerprint density at radius 1 is 1.36 bits per heavy atom. The number of carboxylic acids is 1. The number of carboxylic acid groups (broad SMARTS) is 1. The van der Waals surface area contributed by atoms with Crippen LogP contribution in [-0.2, 0) is 4.79 Å². The fourth-order valence-electron chi connectivity index (χ4n) is 2.48. The van der Waals surface area contributed by atoms with Crippen LogP contribution in [0.2, 0.25) is 0 Å². The molecule has 11 heavy (non-hydrogen) atoms. The van der Waals surface area contributed by atoms with Crippen LogP contribution in [0.25, 0.3) is 0 Å². The smallest absolute Gasteiger partial charge is 0.306 e. The summed E-state index contributed by atoms with van der Waals surface area (Å²) in [5, 5.41) is 8.72. The molecule has 0 spiro atoms. The highest BCUT2D eigenvalue weighted by Crippen LogP contribution is 2.48. The predicted molar refractivity (Wildman–Crippen MR) is 39.9 cm³/mol. The maximum atomic E-state index is 10.6. The molecular weight excluding hydrogens is 142 g/mol. The van der Waals surface area contributed by atoms with E-state index >= 15 is 0 Å². The third kappa shape index (κ3) is 0.948. The van der Waals surface area contributed by atoms with Crippen LogP contribution in [-0.4, -0.2) is 17.1 Å². The third-order valence-electron chi connectivity index (χ3n) is 3.22. The van der Waals surface area contributed by atoms with Gasteiger partial charge >= 0.3 is 5.97 Å². The minimum Gasteiger partial charge on any atom is -0.481 e. The van der Waals surface area contributed by atoms with Crippen LogP contribution in [0.3, 0.4) is 0 Å². The lowest BCUT2D eigenvalue weighted by Crippen LogP contribution is -2.44. The molecule has 0 aromatic rings. The van der Waals surface area contributed by atoms with Crippen molar-refractivity contribution in [2.75, 3.05) is 0 Å². The zero-order valence-corrected chi connectivity index (χ0v) is 6.36. The van der Waals surface area contributed by atoms with E-state index < -0.39 is 5.97 Å². The van der Waals surface area contributed by atoms with Crippen molar-refractivity contribution >= 4 is 5.97 Å². The van der Waals surface area contributed by atoms with Gasteiger partial charge in [0, 0.05) is 6.04 Å². The summed E-state index contributed by atoms with van der Waals surface area (Å²) >= 11 is 0. The van der Waals surface area contributed by atoms with Gasteiger partial charge in [0.15, 0.2) is 0 Å². The molecule has 4 atom stereocenters. The van der Waals surface area contributed by atoms with Crippen LogP contribution in [0.5, 0.6) is 0 Å². The van der Waals surface area contributed by atoms with Crippen LogP contribution in [0.1, 0.15) is 19.3 Å². The second-order valence-electron chi connectivity index (χ2n) is 3.83. The van der Waals surface area contributed by atoms with E-state index in [9.17, 15) is 4.79 Å². The van der Waals surface area contributed by atoms with Gasteiger partial charge in [0.05, 0.1) is 5.92 Å². The molecule has 2 aliphatic rings. The highest BCUT2D eigenvalue weighted by molar-refractivity contribution is 5.70. The topological polar surface area (TPSA) is 63.3 Å². The highest BCUT2D eigenvalue weighted by atomic mass is 16.4. The average molecular weight is 155 g/mol. The van der Waals surface area contributed by atoms with E-state index in [1.54, 1.807) is 0 Å². The predicted octanol–water partition coefficient (Wildman–Crippen LogP) is 0.444. The van der Waals surface area contributed by atoms with Crippen molar-refractivity contribution < 1.29 is 9.90 Å². The first-order chi connectivity index (χ1) is 5.18. The minimum atomic E-state index is -0.633. The third-order valence-corrected chi connectivity index (χ3v) is 3.22. The van der Waals surface area contributed by atoms with E-state index in [4.69, 9.17) is 10.8 Å². The minimum absolute atomic E-state index is 0.0986. The fraction of sp³-hybridized carbons (Fsp3) is 0.875. The first-order valence-corrected chi connectivity index (χ1v) is 4.17. The summed E-state index contributed by atoms with van der Waals surface area (Å²) in [4.78, 5) is 10.6. The number of nitrogens with two attached hydrogens (primary N) is 1. The molecule has 0 bridgehead atoms. The van der Waals surface area contributed by atoms with E-state index in [1.165, 1.54) is 0 Å². The molecule has 0 saturated heterocycles. The van der Waals surface area contributed by atoms with Gasteiger partial charge in [0.1, 0.15) is 0 Å². The molecule has 3 nitrogen and oxygen atoms in total. The number of aliphatic carboxylic acids is 1. The van der Waals surface area contributed by atoms with Gasteiger partial charge in [-0.15, -0.1) is 0 Å². The lowest BCUT2D eigenvalue weighted by atomic mass is 9.72. The van der Waals surface area contributed by atoms with Gasteiger partial charge < -0.3 is 10.8 Å². The largest absolute Gasteiger partial charge is 0.481 e. The molecule has 2 fully saturated rings. The van der Waals surface area contributed by atoms with E-state index in [-0.39, 0.29) is 5.92 Å². The van der Waals surface area contributed by atoms with Crippen molar-refractivity contribution in [3.05, 3.63) is 0 Å². The van der Waals surface area contributed by atoms with Crippen molar-refractivity contribution in [2.45, 2.75) is 25.3 Å². The summed E-state index contributed by atoms with van der Waals surface area (Å²) < 4.78 is 0. The van der Waals surface area contributed by atoms with E-state index in [1.807, 2.05) is 0 Å².